The Hall–Kier alpha value is -0.660. The summed E-state index contributed by atoms with van der Waals surface area (Å²) in [4.78, 5) is 3.88. The topological polar surface area (TPSA) is 85.1 Å². The minimum Gasteiger partial charge on any atom is -0.383 e. The van der Waals surface area contributed by atoms with Gasteiger partial charge in [0.1, 0.15) is 10.7 Å². The van der Waals surface area contributed by atoms with E-state index in [1.807, 2.05) is 0 Å². The number of sulfonamides is 1. The van der Waals surface area contributed by atoms with Gasteiger partial charge < -0.3 is 5.73 Å². The van der Waals surface area contributed by atoms with Gasteiger partial charge in [0.05, 0.1) is 0 Å². The number of hydrogen-bond acceptors (Lipinski definition) is 4. The van der Waals surface area contributed by atoms with E-state index in [9.17, 15) is 8.42 Å². The molecule has 0 atom stereocenters. The molecular formula is C12H18BrN3O2S. The maximum atomic E-state index is 12.1. The van der Waals surface area contributed by atoms with Crippen molar-refractivity contribution in [1.82, 2.24) is 9.71 Å². The number of nitrogen functional groups attached to an aromatic ring is 1. The number of aromatic nitrogens is 1. The van der Waals surface area contributed by atoms with Crippen LogP contribution < -0.4 is 10.5 Å². The molecule has 1 heterocycles. The van der Waals surface area contributed by atoms with Crippen molar-refractivity contribution in [2.45, 2.75) is 37.0 Å². The molecule has 1 aromatic rings. The Bertz CT molecular complexity index is 542. The van der Waals surface area contributed by atoms with Crippen LogP contribution in [0, 0.1) is 5.92 Å². The molecule has 0 aromatic carbocycles. The van der Waals surface area contributed by atoms with Gasteiger partial charge in [0.25, 0.3) is 0 Å². The monoisotopic (exact) mass is 347 g/mol. The van der Waals surface area contributed by atoms with Crippen molar-refractivity contribution in [3.05, 3.63) is 16.7 Å². The lowest BCUT2D eigenvalue weighted by molar-refractivity contribution is 0.495. The number of nitrogens with one attached hydrogen (secondary N) is 1. The molecule has 3 N–H and O–H groups in total. The summed E-state index contributed by atoms with van der Waals surface area (Å²) in [5.41, 5.74) is 5.62. The third-order valence-electron chi connectivity index (χ3n) is 3.46. The van der Waals surface area contributed by atoms with Gasteiger partial charge in [0.2, 0.25) is 10.0 Å². The van der Waals surface area contributed by atoms with Crippen molar-refractivity contribution < 1.29 is 8.42 Å². The molecule has 0 unspecified atom stereocenters. The first-order valence-electron chi connectivity index (χ1n) is 6.40. The standard InChI is InChI=1S/C12H18BrN3O2S/c13-10-7-11(12(14)15-8-10)19(17,18)16-6-5-9-3-1-2-4-9/h7-9,16H,1-6H2,(H2,14,15). The van der Waals surface area contributed by atoms with Crippen molar-refractivity contribution in [2.75, 3.05) is 12.3 Å². The summed E-state index contributed by atoms with van der Waals surface area (Å²) in [5, 5.41) is 0. The van der Waals surface area contributed by atoms with E-state index >= 15 is 0 Å². The first-order valence-corrected chi connectivity index (χ1v) is 8.67. The van der Waals surface area contributed by atoms with Crippen LogP contribution in [0.1, 0.15) is 32.1 Å². The van der Waals surface area contributed by atoms with Crippen molar-refractivity contribution in [2.24, 2.45) is 5.92 Å². The van der Waals surface area contributed by atoms with Gasteiger partial charge in [-0.1, -0.05) is 25.7 Å². The zero-order chi connectivity index (χ0) is 13.9. The van der Waals surface area contributed by atoms with E-state index in [1.165, 1.54) is 37.9 Å². The van der Waals surface area contributed by atoms with Crippen molar-refractivity contribution in [1.29, 1.82) is 0 Å². The number of rotatable bonds is 5. The first kappa shape index (κ1) is 14.7. The van der Waals surface area contributed by atoms with Crippen molar-refractivity contribution in [3.63, 3.8) is 0 Å². The molecule has 0 spiro atoms. The fourth-order valence-corrected chi connectivity index (χ4v) is 4.06. The average Bonchev–Trinajstić information content (AvgIpc) is 2.85. The van der Waals surface area contributed by atoms with E-state index in [4.69, 9.17) is 5.73 Å². The fourth-order valence-electron chi connectivity index (χ4n) is 2.42. The zero-order valence-electron chi connectivity index (χ0n) is 10.6. The SMILES string of the molecule is Nc1ncc(Br)cc1S(=O)(=O)NCCC1CCCC1. The van der Waals surface area contributed by atoms with E-state index in [0.29, 0.717) is 16.9 Å². The molecule has 19 heavy (non-hydrogen) atoms. The predicted octanol–water partition coefficient (Wildman–Crippen LogP) is 2.28. The largest absolute Gasteiger partial charge is 0.383 e. The van der Waals surface area contributed by atoms with Gasteiger partial charge in [-0.3, -0.25) is 0 Å². The summed E-state index contributed by atoms with van der Waals surface area (Å²) < 4.78 is 27.5. The molecule has 0 amide bonds. The van der Waals surface area contributed by atoms with Gasteiger partial charge in [0.15, 0.2) is 0 Å². The van der Waals surface area contributed by atoms with Crippen LogP contribution in [0.4, 0.5) is 5.82 Å². The lowest BCUT2D eigenvalue weighted by Gasteiger charge is -2.11. The van der Waals surface area contributed by atoms with E-state index in [2.05, 4.69) is 25.6 Å². The van der Waals surface area contributed by atoms with Crippen molar-refractivity contribution in [3.8, 4) is 0 Å². The molecule has 0 radical (unpaired) electrons. The lowest BCUT2D eigenvalue weighted by Crippen LogP contribution is -2.27. The Morgan fingerprint density at radius 3 is 2.79 bits per heavy atom. The molecule has 1 aliphatic rings. The third-order valence-corrected chi connectivity index (χ3v) is 5.38. The van der Waals surface area contributed by atoms with Crippen LogP contribution in [0.2, 0.25) is 0 Å². The van der Waals surface area contributed by atoms with E-state index < -0.39 is 10.0 Å². The lowest BCUT2D eigenvalue weighted by atomic mass is 10.1. The summed E-state index contributed by atoms with van der Waals surface area (Å²) in [5.74, 6) is 0.678. The molecule has 2 rings (SSSR count). The molecule has 0 aliphatic heterocycles. The fraction of sp³-hybridized carbons (Fsp3) is 0.583. The smallest absolute Gasteiger partial charge is 0.244 e. The van der Waals surface area contributed by atoms with E-state index in [1.54, 1.807) is 0 Å². The van der Waals surface area contributed by atoms with Crippen LogP contribution in [-0.2, 0) is 10.0 Å². The van der Waals surface area contributed by atoms with Crippen LogP contribution in [0.5, 0.6) is 0 Å². The summed E-state index contributed by atoms with van der Waals surface area (Å²) in [6.45, 7) is 0.457. The highest BCUT2D eigenvalue weighted by molar-refractivity contribution is 9.10. The minimum absolute atomic E-state index is 0.0246. The molecule has 1 saturated carbocycles. The number of hydrogen-bond donors (Lipinski definition) is 2. The molecule has 0 saturated heterocycles. The number of nitrogens with zero attached hydrogens (tertiary/aromatic N) is 1. The molecule has 106 valence electrons. The van der Waals surface area contributed by atoms with Gasteiger partial charge in [-0.25, -0.2) is 18.1 Å². The highest BCUT2D eigenvalue weighted by atomic mass is 79.9. The van der Waals surface area contributed by atoms with Gasteiger partial charge in [-0.2, -0.15) is 0 Å². The van der Waals surface area contributed by atoms with Gasteiger partial charge in [-0.15, -0.1) is 0 Å². The molecule has 7 heteroatoms. The second-order valence-corrected chi connectivity index (χ2v) is 7.52. The number of nitrogens with two attached hydrogens (primary N) is 1. The quantitative estimate of drug-likeness (QED) is 0.855. The third kappa shape index (κ3) is 3.90. The zero-order valence-corrected chi connectivity index (χ0v) is 13.0. The highest BCUT2D eigenvalue weighted by Crippen LogP contribution is 2.27. The second-order valence-electron chi connectivity index (χ2n) is 4.87. The normalized spacial score (nSPS) is 16.9. The number of pyridine rings is 1. The van der Waals surface area contributed by atoms with Gasteiger partial charge >= 0.3 is 0 Å². The predicted molar refractivity (Wildman–Crippen MR) is 78.1 cm³/mol. The Morgan fingerprint density at radius 2 is 2.11 bits per heavy atom. The Labute approximate surface area is 122 Å². The summed E-state index contributed by atoms with van der Waals surface area (Å²) in [6.07, 6.45) is 7.32. The molecule has 5 nitrogen and oxygen atoms in total. The highest BCUT2D eigenvalue weighted by Gasteiger charge is 2.20. The summed E-state index contributed by atoms with van der Waals surface area (Å²) in [6, 6.07) is 1.47. The molecular weight excluding hydrogens is 330 g/mol. The molecule has 1 aromatic heterocycles. The molecule has 0 bridgehead atoms. The van der Waals surface area contributed by atoms with Gasteiger partial charge in [-0.05, 0) is 34.3 Å². The van der Waals surface area contributed by atoms with Crippen LogP contribution in [0.25, 0.3) is 0 Å². The minimum atomic E-state index is -3.57. The van der Waals surface area contributed by atoms with Crippen LogP contribution in [0.15, 0.2) is 21.6 Å². The number of halogens is 1. The maximum Gasteiger partial charge on any atom is 0.244 e. The Kier molecular flexibility index (Phi) is 4.81. The Balaban J connectivity index is 1.99. The van der Waals surface area contributed by atoms with Crippen LogP contribution in [-0.4, -0.2) is 19.9 Å². The summed E-state index contributed by atoms with van der Waals surface area (Å²) >= 11 is 3.20. The second kappa shape index (κ2) is 6.19. The molecule has 1 fully saturated rings. The van der Waals surface area contributed by atoms with Crippen LogP contribution >= 0.6 is 15.9 Å². The van der Waals surface area contributed by atoms with Crippen molar-refractivity contribution >= 4 is 31.8 Å². The van der Waals surface area contributed by atoms with E-state index in [-0.39, 0.29) is 10.7 Å². The first-order chi connectivity index (χ1) is 8.99. The van der Waals surface area contributed by atoms with Gasteiger partial charge in [0, 0.05) is 17.2 Å². The van der Waals surface area contributed by atoms with Crippen LogP contribution in [0.3, 0.4) is 0 Å². The van der Waals surface area contributed by atoms with E-state index in [0.717, 1.165) is 6.42 Å². The average molecular weight is 348 g/mol. The number of anilines is 1. The summed E-state index contributed by atoms with van der Waals surface area (Å²) in [7, 11) is -3.57. The Morgan fingerprint density at radius 1 is 1.42 bits per heavy atom. The molecule has 1 aliphatic carbocycles. The maximum absolute atomic E-state index is 12.1.